The number of hydrogen-bond acceptors (Lipinski definition) is 3. The second kappa shape index (κ2) is 14.9. The van der Waals surface area contributed by atoms with Gasteiger partial charge in [0, 0.05) is 33.2 Å². The molecule has 0 aromatic rings. The van der Waals surface area contributed by atoms with Gasteiger partial charge in [0.05, 0.1) is 6.54 Å². The van der Waals surface area contributed by atoms with E-state index in [0.29, 0.717) is 11.9 Å². The molecule has 0 saturated carbocycles. The fourth-order valence-corrected chi connectivity index (χ4v) is 2.52. The first-order valence-corrected chi connectivity index (χ1v) is 10.0. The van der Waals surface area contributed by atoms with Gasteiger partial charge in [-0.05, 0) is 33.1 Å². The first-order chi connectivity index (χ1) is 12.5. The summed E-state index contributed by atoms with van der Waals surface area (Å²) in [5, 5.41) is 6.32. The topological polar surface area (TPSA) is 77.0 Å². The van der Waals surface area contributed by atoms with Gasteiger partial charge in [-0.3, -0.25) is 9.59 Å². The van der Waals surface area contributed by atoms with Crippen molar-refractivity contribution in [3.8, 4) is 0 Å². The third kappa shape index (κ3) is 14.0. The number of nitrogens with zero attached hydrogens (tertiary/aromatic N) is 3. The van der Waals surface area contributed by atoms with Gasteiger partial charge in [-0.15, -0.1) is 24.0 Å². The predicted molar refractivity (Wildman–Crippen MR) is 128 cm³/mol. The maximum absolute atomic E-state index is 12.2. The number of rotatable bonds is 10. The zero-order valence-electron chi connectivity index (χ0n) is 19.1. The van der Waals surface area contributed by atoms with Gasteiger partial charge in [-0.1, -0.05) is 33.1 Å². The van der Waals surface area contributed by atoms with Crippen LogP contribution in [0.1, 0.15) is 60.3 Å². The quantitative estimate of drug-likeness (QED) is 0.269. The molecule has 0 heterocycles. The Morgan fingerprint density at radius 3 is 2.18 bits per heavy atom. The van der Waals surface area contributed by atoms with Crippen molar-refractivity contribution in [1.29, 1.82) is 0 Å². The highest BCUT2D eigenvalue weighted by Gasteiger charge is 2.18. The summed E-state index contributed by atoms with van der Waals surface area (Å²) in [6.45, 7) is 11.3. The molecule has 1 unspecified atom stereocenters. The normalized spacial score (nSPS) is 12.6. The van der Waals surface area contributed by atoms with Crippen LogP contribution in [-0.4, -0.2) is 73.9 Å². The van der Waals surface area contributed by atoms with E-state index in [1.165, 1.54) is 17.7 Å². The average molecular weight is 511 g/mol. The van der Waals surface area contributed by atoms with Crippen LogP contribution in [0.2, 0.25) is 0 Å². The summed E-state index contributed by atoms with van der Waals surface area (Å²) < 4.78 is 0. The number of aliphatic imine (C=N–C) groups is 1. The average Bonchev–Trinajstić information content (AvgIpc) is 2.54. The van der Waals surface area contributed by atoms with Crippen LogP contribution in [0.25, 0.3) is 0 Å². The summed E-state index contributed by atoms with van der Waals surface area (Å²) in [6, 6.07) is 0. The number of halogens is 1. The molecule has 0 spiro atoms. The van der Waals surface area contributed by atoms with Gasteiger partial charge < -0.3 is 20.4 Å². The van der Waals surface area contributed by atoms with Gasteiger partial charge >= 0.3 is 0 Å². The number of nitrogens with one attached hydrogen (secondary N) is 2. The second-order valence-electron chi connectivity index (χ2n) is 8.38. The number of likely N-dealkylation sites (N-methyl/N-ethyl adjacent to an activating group) is 2. The molecule has 1 atom stereocenters. The Morgan fingerprint density at radius 1 is 1.11 bits per heavy atom. The van der Waals surface area contributed by atoms with E-state index in [2.05, 4.69) is 29.5 Å². The van der Waals surface area contributed by atoms with Crippen LogP contribution in [-0.2, 0) is 9.59 Å². The van der Waals surface area contributed by atoms with Gasteiger partial charge in [-0.25, -0.2) is 4.99 Å². The maximum Gasteiger partial charge on any atom is 0.243 e. The molecule has 2 N–H and O–H groups in total. The lowest BCUT2D eigenvalue weighted by Crippen LogP contribution is -2.49. The summed E-state index contributed by atoms with van der Waals surface area (Å²) in [7, 11) is 5.24. The fraction of sp³-hybridized carbons (Fsp3) is 0.850. The van der Waals surface area contributed by atoms with Gasteiger partial charge in [0.15, 0.2) is 5.96 Å². The van der Waals surface area contributed by atoms with E-state index in [-0.39, 0.29) is 54.4 Å². The minimum atomic E-state index is -0.281. The first kappa shape index (κ1) is 29.1. The van der Waals surface area contributed by atoms with Crippen molar-refractivity contribution in [3.63, 3.8) is 0 Å². The molecule has 166 valence electrons. The Hall–Kier alpha value is -1.06. The van der Waals surface area contributed by atoms with Crippen molar-refractivity contribution in [2.75, 3.05) is 40.8 Å². The molecule has 0 saturated heterocycles. The zero-order valence-corrected chi connectivity index (χ0v) is 21.4. The van der Waals surface area contributed by atoms with Crippen molar-refractivity contribution < 1.29 is 9.59 Å². The Balaban J connectivity index is 0. The monoisotopic (exact) mass is 511 g/mol. The number of guanidine groups is 1. The summed E-state index contributed by atoms with van der Waals surface area (Å²) in [6.07, 6.45) is 4.64. The van der Waals surface area contributed by atoms with Crippen LogP contribution in [0.15, 0.2) is 4.99 Å². The van der Waals surface area contributed by atoms with Crippen LogP contribution in [0.4, 0.5) is 0 Å². The Morgan fingerprint density at radius 2 is 1.71 bits per heavy atom. The zero-order chi connectivity index (χ0) is 21.0. The van der Waals surface area contributed by atoms with Crippen LogP contribution in [0.5, 0.6) is 0 Å². The summed E-state index contributed by atoms with van der Waals surface area (Å²) >= 11 is 0. The van der Waals surface area contributed by atoms with Crippen molar-refractivity contribution in [2.24, 2.45) is 10.9 Å². The number of hydrogen-bond donors (Lipinski definition) is 2. The Bertz CT molecular complexity index is 489. The van der Waals surface area contributed by atoms with Gasteiger partial charge in [-0.2, -0.15) is 0 Å². The first-order valence-electron chi connectivity index (χ1n) is 10.0. The van der Waals surface area contributed by atoms with E-state index in [9.17, 15) is 9.59 Å². The van der Waals surface area contributed by atoms with Crippen molar-refractivity contribution >= 4 is 41.8 Å². The van der Waals surface area contributed by atoms with Gasteiger partial charge in [0.1, 0.15) is 6.54 Å². The lowest BCUT2D eigenvalue weighted by atomic mass is 9.99. The molecular weight excluding hydrogens is 469 g/mol. The van der Waals surface area contributed by atoms with Gasteiger partial charge in [0.25, 0.3) is 0 Å². The van der Waals surface area contributed by atoms with Crippen LogP contribution in [0.3, 0.4) is 0 Å². The molecule has 0 aliphatic rings. The Kier molecular flexibility index (Phi) is 15.5. The SMILES string of the molecule is CCCCC(CC)CNC(=NCC(=O)N(C)C)N(C)CC(=O)NC(C)(C)C.I. The van der Waals surface area contributed by atoms with E-state index in [0.717, 1.165) is 19.4 Å². The van der Waals surface area contributed by atoms with Crippen LogP contribution >= 0.6 is 24.0 Å². The van der Waals surface area contributed by atoms with Crippen LogP contribution < -0.4 is 10.6 Å². The van der Waals surface area contributed by atoms with Crippen molar-refractivity contribution in [1.82, 2.24) is 20.4 Å². The van der Waals surface area contributed by atoms with Crippen LogP contribution in [0, 0.1) is 5.92 Å². The highest BCUT2D eigenvalue weighted by atomic mass is 127. The van der Waals surface area contributed by atoms with Crippen molar-refractivity contribution in [3.05, 3.63) is 0 Å². The standard InChI is InChI=1S/C20H41N5O2.HI/c1-9-11-12-16(10-2)13-21-19(22-14-18(27)24(6)7)25(8)15-17(26)23-20(3,4)5;/h16H,9-15H2,1-8H3,(H,21,22)(H,23,26);1H. The molecule has 0 aliphatic heterocycles. The summed E-state index contributed by atoms with van der Waals surface area (Å²) in [4.78, 5) is 31.9. The third-order valence-corrected chi connectivity index (χ3v) is 4.21. The molecule has 0 bridgehead atoms. The highest BCUT2D eigenvalue weighted by molar-refractivity contribution is 14.0. The van der Waals surface area contributed by atoms with E-state index < -0.39 is 0 Å². The molecule has 0 aromatic heterocycles. The second-order valence-corrected chi connectivity index (χ2v) is 8.38. The molecule has 28 heavy (non-hydrogen) atoms. The lowest BCUT2D eigenvalue weighted by Gasteiger charge is -2.27. The van der Waals surface area contributed by atoms with E-state index >= 15 is 0 Å². The predicted octanol–water partition coefficient (Wildman–Crippen LogP) is 2.70. The molecule has 8 heteroatoms. The molecule has 2 amide bonds. The number of unbranched alkanes of at least 4 members (excludes halogenated alkanes) is 1. The minimum absolute atomic E-state index is 0. The summed E-state index contributed by atoms with van der Waals surface area (Å²) in [5.41, 5.74) is -0.281. The molecular formula is C20H42IN5O2. The minimum Gasteiger partial charge on any atom is -0.356 e. The summed E-state index contributed by atoms with van der Waals surface area (Å²) in [5.74, 6) is 0.997. The number of carbonyl (C=O) groups is 2. The van der Waals surface area contributed by atoms with E-state index in [1.807, 2.05) is 27.8 Å². The Labute approximate surface area is 189 Å². The van der Waals surface area contributed by atoms with Crippen molar-refractivity contribution in [2.45, 2.75) is 65.8 Å². The molecule has 0 aliphatic carbocycles. The largest absolute Gasteiger partial charge is 0.356 e. The van der Waals surface area contributed by atoms with E-state index in [4.69, 9.17) is 0 Å². The lowest BCUT2D eigenvalue weighted by molar-refractivity contribution is -0.127. The fourth-order valence-electron chi connectivity index (χ4n) is 2.52. The number of amides is 2. The molecule has 0 radical (unpaired) electrons. The maximum atomic E-state index is 12.2. The molecule has 7 nitrogen and oxygen atoms in total. The number of carbonyl (C=O) groups excluding carboxylic acids is 2. The molecule has 0 fully saturated rings. The molecule has 0 aromatic carbocycles. The highest BCUT2D eigenvalue weighted by Crippen LogP contribution is 2.11. The van der Waals surface area contributed by atoms with E-state index in [1.54, 1.807) is 19.0 Å². The molecule has 0 rings (SSSR count). The third-order valence-electron chi connectivity index (χ3n) is 4.21. The van der Waals surface area contributed by atoms with Gasteiger partial charge in [0.2, 0.25) is 11.8 Å². The smallest absolute Gasteiger partial charge is 0.243 e.